The molecule has 1 aliphatic heterocycles. The number of hydrogen-bond acceptors (Lipinski definition) is 4. The Bertz CT molecular complexity index is 334. The summed E-state index contributed by atoms with van der Waals surface area (Å²) in [5.74, 6) is 0.746. The number of nitrogens with zero attached hydrogens (tertiary/aromatic N) is 1. The van der Waals surface area contributed by atoms with Crippen LogP contribution in [-0.4, -0.2) is 42.7 Å². The molecule has 0 aliphatic carbocycles. The summed E-state index contributed by atoms with van der Waals surface area (Å²) in [6, 6.07) is 2.49. The largest absolute Gasteiger partial charge is 0.387 e. The van der Waals surface area contributed by atoms with Crippen LogP contribution < -0.4 is 5.32 Å². The predicted molar refractivity (Wildman–Crippen MR) is 77.0 cm³/mol. The number of hydrogen-bond donors (Lipinski definition) is 2. The van der Waals surface area contributed by atoms with E-state index in [1.54, 1.807) is 11.3 Å². The van der Waals surface area contributed by atoms with Crippen LogP contribution >= 0.6 is 11.3 Å². The minimum atomic E-state index is -0.370. The zero-order valence-corrected chi connectivity index (χ0v) is 12.1. The van der Waals surface area contributed by atoms with Crippen molar-refractivity contribution in [2.45, 2.75) is 31.9 Å². The highest BCUT2D eigenvalue weighted by Gasteiger charge is 2.22. The van der Waals surface area contributed by atoms with Gasteiger partial charge in [-0.05, 0) is 68.2 Å². The minimum Gasteiger partial charge on any atom is -0.387 e. The van der Waals surface area contributed by atoms with Crippen LogP contribution in [0.15, 0.2) is 16.8 Å². The molecule has 1 fully saturated rings. The Morgan fingerprint density at radius 3 is 2.83 bits per heavy atom. The van der Waals surface area contributed by atoms with E-state index in [0.29, 0.717) is 12.6 Å². The molecule has 1 aliphatic rings. The maximum Gasteiger partial charge on any atom is 0.0922 e. The first kappa shape index (κ1) is 14.0. The summed E-state index contributed by atoms with van der Waals surface area (Å²) in [5, 5.41) is 17.6. The molecule has 1 aromatic rings. The first-order valence-electron chi connectivity index (χ1n) is 6.79. The fourth-order valence-electron chi connectivity index (χ4n) is 2.58. The minimum absolute atomic E-state index is 0.370. The zero-order chi connectivity index (χ0) is 13.0. The van der Waals surface area contributed by atoms with Crippen LogP contribution in [0.2, 0.25) is 0 Å². The molecule has 2 N–H and O–H groups in total. The number of aliphatic hydroxyl groups excluding tert-OH is 1. The number of likely N-dealkylation sites (tertiary alicyclic amines) is 1. The standard InChI is InChI=1S/C14H24N2OS/c1-11(12-3-6-16(2)7-4-12)15-9-14(17)13-5-8-18-10-13/h5,8,10-12,14-15,17H,3-4,6-7,9H2,1-2H3. The van der Waals surface area contributed by atoms with E-state index in [4.69, 9.17) is 0 Å². The third kappa shape index (κ3) is 3.79. The topological polar surface area (TPSA) is 35.5 Å². The summed E-state index contributed by atoms with van der Waals surface area (Å²) in [6.45, 7) is 5.30. The van der Waals surface area contributed by atoms with E-state index in [2.05, 4.69) is 24.2 Å². The molecule has 1 aromatic heterocycles. The number of rotatable bonds is 5. The Morgan fingerprint density at radius 2 is 2.22 bits per heavy atom. The Labute approximate surface area is 114 Å². The molecule has 18 heavy (non-hydrogen) atoms. The normalized spacial score (nSPS) is 21.9. The smallest absolute Gasteiger partial charge is 0.0922 e. The molecule has 0 bridgehead atoms. The maximum atomic E-state index is 10.0. The van der Waals surface area contributed by atoms with Crippen molar-refractivity contribution in [1.29, 1.82) is 0 Å². The Kier molecular flexibility index (Phi) is 5.18. The average Bonchev–Trinajstić information content (AvgIpc) is 2.90. The van der Waals surface area contributed by atoms with E-state index >= 15 is 0 Å². The highest BCUT2D eigenvalue weighted by molar-refractivity contribution is 7.07. The molecule has 102 valence electrons. The highest BCUT2D eigenvalue weighted by atomic mass is 32.1. The van der Waals surface area contributed by atoms with Crippen molar-refractivity contribution in [2.24, 2.45) is 5.92 Å². The Balaban J connectivity index is 1.73. The molecule has 1 saturated heterocycles. The molecule has 0 aromatic carbocycles. The molecule has 2 rings (SSSR count). The lowest BCUT2D eigenvalue weighted by Crippen LogP contribution is -2.41. The molecule has 0 spiro atoms. The lowest BCUT2D eigenvalue weighted by Gasteiger charge is -2.33. The van der Waals surface area contributed by atoms with Crippen LogP contribution in [0, 0.1) is 5.92 Å². The summed E-state index contributed by atoms with van der Waals surface area (Å²) < 4.78 is 0. The first-order chi connectivity index (χ1) is 8.66. The predicted octanol–water partition coefficient (Wildman–Crippen LogP) is 2.10. The van der Waals surface area contributed by atoms with Gasteiger partial charge in [-0.15, -0.1) is 0 Å². The molecular formula is C14H24N2OS. The van der Waals surface area contributed by atoms with Gasteiger partial charge in [0.1, 0.15) is 0 Å². The summed E-state index contributed by atoms with van der Waals surface area (Å²) in [5.41, 5.74) is 1.03. The average molecular weight is 268 g/mol. The number of thiophene rings is 1. The van der Waals surface area contributed by atoms with Crippen molar-refractivity contribution in [3.8, 4) is 0 Å². The van der Waals surface area contributed by atoms with Crippen molar-refractivity contribution in [3.63, 3.8) is 0 Å². The van der Waals surface area contributed by atoms with Crippen LogP contribution in [0.4, 0.5) is 0 Å². The third-order valence-corrected chi connectivity index (χ3v) is 4.73. The van der Waals surface area contributed by atoms with Crippen molar-refractivity contribution in [3.05, 3.63) is 22.4 Å². The van der Waals surface area contributed by atoms with Crippen LogP contribution in [0.1, 0.15) is 31.4 Å². The second-order valence-electron chi connectivity index (χ2n) is 5.41. The second-order valence-corrected chi connectivity index (χ2v) is 6.19. The van der Waals surface area contributed by atoms with Gasteiger partial charge in [0, 0.05) is 12.6 Å². The Morgan fingerprint density at radius 1 is 1.50 bits per heavy atom. The molecule has 2 heterocycles. The van der Waals surface area contributed by atoms with E-state index in [0.717, 1.165) is 11.5 Å². The van der Waals surface area contributed by atoms with Crippen LogP contribution in [-0.2, 0) is 0 Å². The van der Waals surface area contributed by atoms with Gasteiger partial charge in [-0.1, -0.05) is 0 Å². The summed E-state index contributed by atoms with van der Waals surface area (Å²) in [6.07, 6.45) is 2.16. The molecule has 0 amide bonds. The highest BCUT2D eigenvalue weighted by Crippen LogP contribution is 2.20. The second kappa shape index (κ2) is 6.66. The SMILES string of the molecule is CC(NCC(O)c1ccsc1)C1CCN(C)CC1. The molecule has 0 radical (unpaired) electrons. The van der Waals surface area contributed by atoms with Crippen molar-refractivity contribution >= 4 is 11.3 Å². The van der Waals surface area contributed by atoms with Crippen molar-refractivity contribution < 1.29 is 5.11 Å². The summed E-state index contributed by atoms with van der Waals surface area (Å²) in [4.78, 5) is 2.39. The van der Waals surface area contributed by atoms with Crippen LogP contribution in [0.25, 0.3) is 0 Å². The van der Waals surface area contributed by atoms with Gasteiger partial charge in [0.2, 0.25) is 0 Å². The van der Waals surface area contributed by atoms with Gasteiger partial charge in [-0.3, -0.25) is 0 Å². The van der Waals surface area contributed by atoms with Gasteiger partial charge in [-0.2, -0.15) is 11.3 Å². The Hall–Kier alpha value is -0.420. The van der Waals surface area contributed by atoms with E-state index in [-0.39, 0.29) is 6.10 Å². The van der Waals surface area contributed by atoms with E-state index in [9.17, 15) is 5.11 Å². The quantitative estimate of drug-likeness (QED) is 0.858. The fraction of sp³-hybridized carbons (Fsp3) is 0.714. The number of nitrogens with one attached hydrogen (secondary N) is 1. The van der Waals surface area contributed by atoms with Crippen molar-refractivity contribution in [1.82, 2.24) is 10.2 Å². The molecular weight excluding hydrogens is 244 g/mol. The van der Waals surface area contributed by atoms with Gasteiger partial charge < -0.3 is 15.3 Å². The molecule has 2 unspecified atom stereocenters. The van der Waals surface area contributed by atoms with Gasteiger partial charge in [0.15, 0.2) is 0 Å². The lowest BCUT2D eigenvalue weighted by molar-refractivity contribution is 0.150. The first-order valence-corrected chi connectivity index (χ1v) is 7.73. The van der Waals surface area contributed by atoms with E-state index in [1.165, 1.54) is 25.9 Å². The molecule has 3 nitrogen and oxygen atoms in total. The van der Waals surface area contributed by atoms with Crippen molar-refractivity contribution in [2.75, 3.05) is 26.7 Å². The van der Waals surface area contributed by atoms with E-state index in [1.807, 2.05) is 16.8 Å². The molecule has 4 heteroatoms. The van der Waals surface area contributed by atoms with Crippen LogP contribution in [0.3, 0.4) is 0 Å². The lowest BCUT2D eigenvalue weighted by atomic mass is 9.90. The van der Waals surface area contributed by atoms with Gasteiger partial charge in [0.25, 0.3) is 0 Å². The maximum absolute atomic E-state index is 10.0. The third-order valence-electron chi connectivity index (χ3n) is 4.03. The van der Waals surface area contributed by atoms with Gasteiger partial charge >= 0.3 is 0 Å². The van der Waals surface area contributed by atoms with Gasteiger partial charge in [-0.25, -0.2) is 0 Å². The monoisotopic (exact) mass is 268 g/mol. The summed E-state index contributed by atoms with van der Waals surface area (Å²) in [7, 11) is 2.19. The van der Waals surface area contributed by atoms with E-state index < -0.39 is 0 Å². The zero-order valence-electron chi connectivity index (χ0n) is 11.3. The fourth-order valence-corrected chi connectivity index (χ4v) is 3.28. The number of piperidine rings is 1. The van der Waals surface area contributed by atoms with Crippen LogP contribution in [0.5, 0.6) is 0 Å². The summed E-state index contributed by atoms with van der Waals surface area (Å²) >= 11 is 1.64. The van der Waals surface area contributed by atoms with Gasteiger partial charge in [0.05, 0.1) is 6.10 Å². The molecule has 0 saturated carbocycles. The number of aliphatic hydroxyl groups is 1. The molecule has 2 atom stereocenters.